The average Bonchev–Trinajstić information content (AvgIpc) is 3.73. The number of ether oxygens (including phenoxy) is 1. The Morgan fingerprint density at radius 2 is 1.83 bits per heavy atom. The molecule has 0 atom stereocenters. The van der Waals surface area contributed by atoms with Crippen molar-refractivity contribution in [3.63, 3.8) is 0 Å². The van der Waals surface area contributed by atoms with Crippen molar-refractivity contribution in [2.75, 3.05) is 12.9 Å². The Hall–Kier alpha value is -3.16. The second-order valence-corrected chi connectivity index (χ2v) is 9.73. The van der Waals surface area contributed by atoms with Crippen molar-refractivity contribution in [2.45, 2.75) is 45.8 Å². The highest BCUT2D eigenvalue weighted by Gasteiger charge is 2.33. The molecule has 0 saturated heterocycles. The molecule has 7 heteroatoms. The van der Waals surface area contributed by atoms with E-state index in [2.05, 4.69) is 40.0 Å². The van der Waals surface area contributed by atoms with E-state index in [9.17, 15) is 9.59 Å². The summed E-state index contributed by atoms with van der Waals surface area (Å²) in [7, 11) is 0. The highest BCUT2D eigenvalue weighted by atomic mass is 32.2. The first-order valence-corrected chi connectivity index (χ1v) is 13.6. The van der Waals surface area contributed by atoms with E-state index in [-0.39, 0.29) is 24.2 Å². The first kappa shape index (κ1) is 25.9. The number of aromatic nitrogens is 1. The lowest BCUT2D eigenvalue weighted by Gasteiger charge is -2.25. The molecule has 0 unspecified atom stereocenters. The molecule has 0 aliphatic heterocycles. The number of hydrogen-bond acceptors (Lipinski definition) is 6. The van der Waals surface area contributed by atoms with Crippen LogP contribution in [0.3, 0.4) is 0 Å². The van der Waals surface area contributed by atoms with Crippen LogP contribution < -0.4 is 4.72 Å². The highest BCUT2D eigenvalue weighted by Crippen LogP contribution is 2.33. The van der Waals surface area contributed by atoms with Gasteiger partial charge >= 0.3 is 5.97 Å². The number of esters is 1. The first-order chi connectivity index (χ1) is 17.6. The van der Waals surface area contributed by atoms with Gasteiger partial charge < -0.3 is 9.64 Å². The van der Waals surface area contributed by atoms with Crippen molar-refractivity contribution in [3.05, 3.63) is 89.2 Å². The normalized spacial score (nSPS) is 12.8. The summed E-state index contributed by atoms with van der Waals surface area (Å²) in [6.45, 7) is 3.97. The van der Waals surface area contributed by atoms with Crippen LogP contribution in [0.5, 0.6) is 0 Å². The number of amides is 1. The number of carbonyl (C=O) groups is 2. The molecule has 6 nitrogen and oxygen atoms in total. The Morgan fingerprint density at radius 1 is 1.03 bits per heavy atom. The SMILES string of the molecule is CCOC(=O)Cc1cncc(-c2ccc(CNSC)cc2CN(Cc2ccccc2)C(=O)C2CC2)c1. The van der Waals surface area contributed by atoms with Crippen molar-refractivity contribution in [1.29, 1.82) is 0 Å². The number of carbonyl (C=O) groups excluding carboxylic acids is 2. The van der Waals surface area contributed by atoms with E-state index in [1.165, 1.54) is 0 Å². The number of nitrogens with zero attached hydrogens (tertiary/aromatic N) is 2. The van der Waals surface area contributed by atoms with Gasteiger partial charge in [-0.2, -0.15) is 0 Å². The van der Waals surface area contributed by atoms with Crippen LogP contribution in [0.1, 0.15) is 42.0 Å². The Morgan fingerprint density at radius 3 is 2.56 bits per heavy atom. The minimum absolute atomic E-state index is 0.132. The van der Waals surface area contributed by atoms with Crippen LogP contribution in [0.4, 0.5) is 0 Å². The van der Waals surface area contributed by atoms with Gasteiger partial charge in [0.1, 0.15) is 0 Å². The number of benzene rings is 2. The molecule has 1 aliphatic rings. The molecule has 1 amide bonds. The van der Waals surface area contributed by atoms with Crippen LogP contribution in [0.2, 0.25) is 0 Å². The van der Waals surface area contributed by atoms with E-state index in [0.29, 0.717) is 19.7 Å². The molecule has 1 heterocycles. The van der Waals surface area contributed by atoms with Gasteiger partial charge in [0.05, 0.1) is 13.0 Å². The van der Waals surface area contributed by atoms with E-state index < -0.39 is 0 Å². The van der Waals surface area contributed by atoms with Crippen molar-refractivity contribution < 1.29 is 14.3 Å². The summed E-state index contributed by atoms with van der Waals surface area (Å²) in [4.78, 5) is 31.7. The third-order valence-corrected chi connectivity index (χ3v) is 6.60. The van der Waals surface area contributed by atoms with E-state index in [4.69, 9.17) is 4.74 Å². The molecule has 188 valence electrons. The van der Waals surface area contributed by atoms with Crippen molar-refractivity contribution in [1.82, 2.24) is 14.6 Å². The summed E-state index contributed by atoms with van der Waals surface area (Å²) in [6, 6.07) is 18.5. The summed E-state index contributed by atoms with van der Waals surface area (Å²) in [5, 5.41) is 0. The summed E-state index contributed by atoms with van der Waals surface area (Å²) >= 11 is 1.58. The number of pyridine rings is 1. The Kier molecular flexibility index (Phi) is 9.14. The molecular weight excluding hydrogens is 470 g/mol. The minimum Gasteiger partial charge on any atom is -0.466 e. The van der Waals surface area contributed by atoms with Crippen molar-refractivity contribution >= 4 is 23.8 Å². The molecule has 2 aromatic carbocycles. The lowest BCUT2D eigenvalue weighted by atomic mass is 9.96. The van der Waals surface area contributed by atoms with Crippen LogP contribution in [-0.4, -0.2) is 34.6 Å². The van der Waals surface area contributed by atoms with Gasteiger partial charge in [0, 0.05) is 43.5 Å². The maximum absolute atomic E-state index is 13.3. The second kappa shape index (κ2) is 12.7. The van der Waals surface area contributed by atoms with Gasteiger partial charge in [-0.25, -0.2) is 0 Å². The van der Waals surface area contributed by atoms with Gasteiger partial charge in [0.2, 0.25) is 5.91 Å². The molecule has 0 radical (unpaired) electrons. The van der Waals surface area contributed by atoms with Gasteiger partial charge in [-0.1, -0.05) is 60.5 Å². The Balaban J connectivity index is 1.67. The molecule has 1 N–H and O–H groups in total. The Bertz CT molecular complexity index is 1180. The van der Waals surface area contributed by atoms with Gasteiger partial charge in [-0.15, -0.1) is 0 Å². The fourth-order valence-electron chi connectivity index (χ4n) is 4.24. The first-order valence-electron chi connectivity index (χ1n) is 12.4. The number of nitrogens with one attached hydrogen (secondary N) is 1. The molecule has 1 fully saturated rings. The molecule has 0 bridgehead atoms. The van der Waals surface area contributed by atoms with Gasteiger partial charge in [0.15, 0.2) is 0 Å². The van der Waals surface area contributed by atoms with Crippen molar-refractivity contribution in [3.8, 4) is 11.1 Å². The molecule has 3 aromatic rings. The Labute approximate surface area is 217 Å². The van der Waals surface area contributed by atoms with E-state index in [0.717, 1.165) is 52.8 Å². The molecule has 1 aliphatic carbocycles. The van der Waals surface area contributed by atoms with Crippen LogP contribution in [0, 0.1) is 5.92 Å². The third kappa shape index (κ3) is 7.18. The van der Waals surface area contributed by atoms with E-state index in [1.807, 2.05) is 41.6 Å². The molecule has 0 spiro atoms. The maximum atomic E-state index is 13.3. The zero-order chi connectivity index (χ0) is 25.3. The lowest BCUT2D eigenvalue weighted by molar-refractivity contribution is -0.142. The van der Waals surface area contributed by atoms with E-state index >= 15 is 0 Å². The van der Waals surface area contributed by atoms with Gasteiger partial charge in [0.25, 0.3) is 0 Å². The van der Waals surface area contributed by atoms with Gasteiger partial charge in [-0.05, 0) is 59.9 Å². The minimum atomic E-state index is -0.265. The standard InChI is InChI=1S/C29H33N3O3S/c1-3-35-28(33)15-23-14-25(18-30-16-23)27-12-9-22(17-31-36-2)13-26(27)20-32(29(34)24-10-11-24)19-21-7-5-4-6-8-21/h4-9,12-14,16,18,24,31H,3,10-11,15,17,19-20H2,1-2H3. The van der Waals surface area contributed by atoms with Crippen LogP contribution >= 0.6 is 11.9 Å². The maximum Gasteiger partial charge on any atom is 0.310 e. The quantitative estimate of drug-likeness (QED) is 0.272. The smallest absolute Gasteiger partial charge is 0.310 e. The largest absolute Gasteiger partial charge is 0.466 e. The zero-order valence-corrected chi connectivity index (χ0v) is 21.7. The lowest BCUT2D eigenvalue weighted by Crippen LogP contribution is -2.31. The van der Waals surface area contributed by atoms with Crippen molar-refractivity contribution in [2.24, 2.45) is 5.92 Å². The predicted molar refractivity (Wildman–Crippen MR) is 144 cm³/mol. The number of hydrogen-bond donors (Lipinski definition) is 1. The van der Waals surface area contributed by atoms with E-state index in [1.54, 1.807) is 25.1 Å². The summed E-state index contributed by atoms with van der Waals surface area (Å²) in [5.41, 5.74) is 6.08. The summed E-state index contributed by atoms with van der Waals surface area (Å²) in [6.07, 6.45) is 7.64. The molecule has 36 heavy (non-hydrogen) atoms. The average molecular weight is 504 g/mol. The molecular formula is C29H33N3O3S. The molecule has 1 saturated carbocycles. The summed E-state index contributed by atoms with van der Waals surface area (Å²) in [5.74, 6) is 0.0823. The highest BCUT2D eigenvalue weighted by molar-refractivity contribution is 7.96. The van der Waals surface area contributed by atoms with Crippen LogP contribution in [0.25, 0.3) is 11.1 Å². The fraction of sp³-hybridized carbons (Fsp3) is 0.345. The van der Waals surface area contributed by atoms with Crippen LogP contribution in [0.15, 0.2) is 67.0 Å². The predicted octanol–water partition coefficient (Wildman–Crippen LogP) is 5.16. The molecule has 4 rings (SSSR count). The second-order valence-electron chi connectivity index (χ2n) is 9.03. The van der Waals surface area contributed by atoms with Crippen LogP contribution in [-0.2, 0) is 40.4 Å². The van der Waals surface area contributed by atoms with Gasteiger partial charge in [-0.3, -0.25) is 19.3 Å². The summed E-state index contributed by atoms with van der Waals surface area (Å²) < 4.78 is 8.42. The molecule has 1 aromatic heterocycles. The zero-order valence-electron chi connectivity index (χ0n) is 20.9. The monoisotopic (exact) mass is 503 g/mol. The number of rotatable bonds is 12. The third-order valence-electron chi connectivity index (χ3n) is 6.17. The topological polar surface area (TPSA) is 71.5 Å². The fourth-order valence-corrected chi connectivity index (χ4v) is 4.56.